The van der Waals surface area contributed by atoms with Crippen LogP contribution in [0.3, 0.4) is 0 Å². The van der Waals surface area contributed by atoms with Gasteiger partial charge >= 0.3 is 13.6 Å². The molecule has 0 aromatic rings. The fourth-order valence-electron chi connectivity index (χ4n) is 1.14. The maximum absolute atomic E-state index is 11.1. The summed E-state index contributed by atoms with van der Waals surface area (Å²) in [4.78, 5) is 50.0. The molecule has 9 nitrogen and oxygen atoms in total. The summed E-state index contributed by atoms with van der Waals surface area (Å²) in [6.45, 7) is 0. The van der Waals surface area contributed by atoms with Gasteiger partial charge in [-0.05, 0) is 0 Å². The summed E-state index contributed by atoms with van der Waals surface area (Å²) in [6, 6.07) is 0. The van der Waals surface area contributed by atoms with E-state index in [2.05, 4.69) is 4.74 Å². The number of rotatable bonds is 4. The van der Waals surface area contributed by atoms with Crippen molar-refractivity contribution in [3.63, 3.8) is 0 Å². The fourth-order valence-corrected chi connectivity index (χ4v) is 1.61. The number of carbonyl (C=O) groups is 3. The largest absolute Gasteiger partial charge is 0.452 e. The van der Waals surface area contributed by atoms with Crippen molar-refractivity contribution < 1.29 is 38.7 Å². The molecule has 0 aliphatic carbocycles. The number of ether oxygens (including phenoxy) is 1. The highest BCUT2D eigenvalue weighted by Crippen LogP contribution is 2.35. The third kappa shape index (κ3) is 3.90. The van der Waals surface area contributed by atoms with Gasteiger partial charge in [-0.15, -0.1) is 0 Å². The summed E-state index contributed by atoms with van der Waals surface area (Å²) in [5.41, 5.74) is 0. The number of esters is 1. The average molecular weight is 267 g/mol. The summed E-state index contributed by atoms with van der Waals surface area (Å²) in [5.74, 6) is -2.99. The van der Waals surface area contributed by atoms with Crippen LogP contribution in [0.2, 0.25) is 0 Å². The summed E-state index contributed by atoms with van der Waals surface area (Å²) < 4.78 is 15.0. The van der Waals surface area contributed by atoms with E-state index < -0.39 is 50.5 Å². The number of imide groups is 1. The summed E-state index contributed by atoms with van der Waals surface area (Å²) >= 11 is 0. The van der Waals surface area contributed by atoms with Crippen molar-refractivity contribution in [1.29, 1.82) is 0 Å². The molecule has 0 spiro atoms. The number of hydroxylamine groups is 2. The molecule has 1 atom stereocenters. The first-order chi connectivity index (χ1) is 7.70. The predicted octanol–water partition coefficient (Wildman–Crippen LogP) is -1.39. The van der Waals surface area contributed by atoms with Crippen molar-refractivity contribution in [3.8, 4) is 0 Å². The smallest absolute Gasteiger partial charge is 0.326 e. The van der Waals surface area contributed by atoms with Crippen LogP contribution in [0.25, 0.3) is 0 Å². The third-order valence-electron chi connectivity index (χ3n) is 1.96. The fraction of sp³-hybridized carbons (Fsp3) is 0.571. The molecule has 1 fully saturated rings. The van der Waals surface area contributed by atoms with Gasteiger partial charge in [-0.2, -0.15) is 5.06 Å². The summed E-state index contributed by atoms with van der Waals surface area (Å²) in [7, 11) is -4.32. The lowest BCUT2D eigenvalue weighted by Gasteiger charge is -2.09. The van der Waals surface area contributed by atoms with E-state index in [1.165, 1.54) is 0 Å². The Labute approximate surface area is 95.1 Å². The van der Waals surface area contributed by atoms with Gasteiger partial charge in [0.05, 0.1) is 19.0 Å². The Morgan fingerprint density at radius 2 is 2.06 bits per heavy atom. The molecule has 0 aromatic carbocycles. The van der Waals surface area contributed by atoms with Gasteiger partial charge in [0.2, 0.25) is 0 Å². The number of amides is 2. The minimum atomic E-state index is -4.32. The Balaban J connectivity index is 2.45. The highest BCUT2D eigenvalue weighted by atomic mass is 31.2. The molecule has 0 bridgehead atoms. The Morgan fingerprint density at radius 1 is 1.47 bits per heavy atom. The van der Waals surface area contributed by atoms with Gasteiger partial charge in [-0.25, -0.2) is 0 Å². The zero-order chi connectivity index (χ0) is 13.2. The first-order valence-corrected chi connectivity index (χ1v) is 6.30. The van der Waals surface area contributed by atoms with Gasteiger partial charge in [0.1, 0.15) is 0 Å². The van der Waals surface area contributed by atoms with Crippen LogP contribution in [0.5, 0.6) is 0 Å². The van der Waals surface area contributed by atoms with Gasteiger partial charge in [0.25, 0.3) is 11.8 Å². The summed E-state index contributed by atoms with van der Waals surface area (Å²) in [5, 5.41) is 8.68. The second-order valence-corrected chi connectivity index (χ2v) is 5.14. The van der Waals surface area contributed by atoms with Crippen LogP contribution in [0, 0.1) is 0 Å². The third-order valence-corrected chi connectivity index (χ3v) is 2.77. The molecule has 0 saturated carbocycles. The van der Waals surface area contributed by atoms with Crippen LogP contribution < -0.4 is 0 Å². The molecule has 2 amide bonds. The van der Waals surface area contributed by atoms with Gasteiger partial charge in [0, 0.05) is 0 Å². The van der Waals surface area contributed by atoms with E-state index >= 15 is 0 Å². The lowest BCUT2D eigenvalue weighted by molar-refractivity contribution is -0.176. The molecule has 1 aliphatic heterocycles. The second-order valence-electron chi connectivity index (χ2n) is 3.36. The summed E-state index contributed by atoms with van der Waals surface area (Å²) in [6.07, 6.45) is -3.18. The molecular weight excluding hydrogens is 257 g/mol. The highest BCUT2D eigenvalue weighted by molar-refractivity contribution is 7.51. The van der Waals surface area contributed by atoms with E-state index in [9.17, 15) is 18.9 Å². The molecule has 1 unspecified atom stereocenters. The van der Waals surface area contributed by atoms with Crippen molar-refractivity contribution in [2.24, 2.45) is 0 Å². The standard InChI is InChI=1S/C7H10NO8P/c9-5-3-4(7(11)8(5)12)16-6(10)1-2-17(13,14)15/h4,12H,1-3H2,(H2,13,14,15). The van der Waals surface area contributed by atoms with Crippen LogP contribution in [0.1, 0.15) is 12.8 Å². The lowest BCUT2D eigenvalue weighted by Crippen LogP contribution is -2.31. The quantitative estimate of drug-likeness (QED) is 0.245. The lowest BCUT2D eigenvalue weighted by atomic mass is 10.3. The SMILES string of the molecule is O=C(CCP(=O)(O)O)OC1CC(=O)N(O)C1=O. The van der Waals surface area contributed by atoms with Gasteiger partial charge in [-0.3, -0.25) is 24.2 Å². The molecule has 10 heteroatoms. The maximum atomic E-state index is 11.1. The van der Waals surface area contributed by atoms with Crippen molar-refractivity contribution in [3.05, 3.63) is 0 Å². The normalized spacial score (nSPS) is 20.9. The number of carbonyl (C=O) groups excluding carboxylic acids is 3. The van der Waals surface area contributed by atoms with Crippen LogP contribution in [0.4, 0.5) is 0 Å². The van der Waals surface area contributed by atoms with Crippen molar-refractivity contribution in [2.45, 2.75) is 18.9 Å². The van der Waals surface area contributed by atoms with E-state index in [0.717, 1.165) is 0 Å². The van der Waals surface area contributed by atoms with E-state index in [1.54, 1.807) is 0 Å². The van der Waals surface area contributed by atoms with Crippen LogP contribution in [-0.4, -0.2) is 50.1 Å². The monoisotopic (exact) mass is 267 g/mol. The molecule has 1 saturated heterocycles. The minimum Gasteiger partial charge on any atom is -0.452 e. The molecule has 1 rings (SSSR count). The Hall–Kier alpha value is -1.28. The molecule has 17 heavy (non-hydrogen) atoms. The van der Waals surface area contributed by atoms with Crippen LogP contribution in [0.15, 0.2) is 0 Å². The Bertz CT molecular complexity index is 401. The van der Waals surface area contributed by atoms with Gasteiger partial charge in [-0.1, -0.05) is 0 Å². The molecule has 3 N–H and O–H groups in total. The number of hydrogen-bond donors (Lipinski definition) is 3. The van der Waals surface area contributed by atoms with Crippen molar-refractivity contribution in [2.75, 3.05) is 6.16 Å². The Morgan fingerprint density at radius 3 is 2.47 bits per heavy atom. The first-order valence-electron chi connectivity index (χ1n) is 4.50. The number of nitrogens with zero attached hydrogens (tertiary/aromatic N) is 1. The molecule has 1 heterocycles. The van der Waals surface area contributed by atoms with Crippen molar-refractivity contribution in [1.82, 2.24) is 5.06 Å². The Kier molecular flexibility index (Phi) is 3.99. The first kappa shape index (κ1) is 13.8. The molecule has 0 radical (unpaired) electrons. The topological polar surface area (TPSA) is 141 Å². The predicted molar refractivity (Wildman–Crippen MR) is 49.7 cm³/mol. The highest BCUT2D eigenvalue weighted by Gasteiger charge is 2.40. The zero-order valence-corrected chi connectivity index (χ0v) is 9.37. The molecule has 1 aliphatic rings. The van der Waals surface area contributed by atoms with E-state index in [-0.39, 0.29) is 5.06 Å². The minimum absolute atomic E-state index is 0.152. The number of hydrogen-bond acceptors (Lipinski definition) is 6. The van der Waals surface area contributed by atoms with Crippen molar-refractivity contribution >= 4 is 25.4 Å². The van der Waals surface area contributed by atoms with Crippen LogP contribution >= 0.6 is 7.60 Å². The maximum Gasteiger partial charge on any atom is 0.326 e. The average Bonchev–Trinajstić information content (AvgIpc) is 2.43. The zero-order valence-electron chi connectivity index (χ0n) is 8.48. The molecular formula is C7H10NO8P. The molecule has 0 aromatic heterocycles. The van der Waals surface area contributed by atoms with E-state index in [1.807, 2.05) is 0 Å². The van der Waals surface area contributed by atoms with E-state index in [0.29, 0.717) is 0 Å². The van der Waals surface area contributed by atoms with Crippen LogP contribution in [-0.2, 0) is 23.7 Å². The van der Waals surface area contributed by atoms with E-state index in [4.69, 9.17) is 15.0 Å². The van der Waals surface area contributed by atoms with Gasteiger partial charge < -0.3 is 14.5 Å². The molecule has 96 valence electrons. The second kappa shape index (κ2) is 4.92. The van der Waals surface area contributed by atoms with Gasteiger partial charge in [0.15, 0.2) is 6.10 Å².